The van der Waals surface area contributed by atoms with E-state index in [-0.39, 0.29) is 12.1 Å². The van der Waals surface area contributed by atoms with Gasteiger partial charge >= 0.3 is 8.16 Å². The van der Waals surface area contributed by atoms with Gasteiger partial charge in [-0.3, -0.25) is 0 Å². The lowest BCUT2D eigenvalue weighted by molar-refractivity contribution is 0.524. The maximum absolute atomic E-state index is 7.15. The number of nitrogens with zero attached hydrogens (tertiary/aromatic N) is 1. The molecule has 0 spiro atoms. The van der Waals surface area contributed by atoms with Crippen LogP contribution in [0.15, 0.2) is 135 Å². The lowest BCUT2D eigenvalue weighted by Gasteiger charge is -2.36. The summed E-state index contributed by atoms with van der Waals surface area (Å²) in [6, 6.07) is 37.0. The number of rotatable bonds is 7. The lowest BCUT2D eigenvalue weighted by Crippen LogP contribution is -2.37. The molecule has 3 nitrogen and oxygen atoms in total. The molecule has 0 aliphatic heterocycles. The first-order chi connectivity index (χ1) is 20.8. The fraction of sp³-hybridized carbons (Fsp3) is 0.211. The van der Waals surface area contributed by atoms with Crippen molar-refractivity contribution in [1.82, 2.24) is 0 Å². The zero-order valence-corrected chi connectivity index (χ0v) is 25.1. The number of hydrogen-bond acceptors (Lipinski definition) is 3. The second kappa shape index (κ2) is 11.7. The Morgan fingerprint density at radius 3 is 1.76 bits per heavy atom. The predicted molar refractivity (Wildman–Crippen MR) is 180 cm³/mol. The van der Waals surface area contributed by atoms with E-state index in [1.165, 1.54) is 32.7 Å². The number of fused-ring (bicyclic) bond motifs is 7. The van der Waals surface area contributed by atoms with Gasteiger partial charge in [0.25, 0.3) is 0 Å². The van der Waals surface area contributed by atoms with Gasteiger partial charge in [0, 0.05) is 22.9 Å². The van der Waals surface area contributed by atoms with Crippen molar-refractivity contribution in [2.75, 3.05) is 4.67 Å². The van der Waals surface area contributed by atoms with Crippen LogP contribution >= 0.6 is 8.16 Å². The van der Waals surface area contributed by atoms with E-state index in [0.717, 1.165) is 47.6 Å². The summed E-state index contributed by atoms with van der Waals surface area (Å²) in [7, 11) is -1.53. The number of allylic oxidation sites excluding steroid dienone is 2. The molecule has 1 heterocycles. The van der Waals surface area contributed by atoms with Crippen molar-refractivity contribution >= 4 is 51.6 Å². The van der Waals surface area contributed by atoms with Crippen LogP contribution in [0.1, 0.15) is 51.1 Å². The number of hydrogen-bond donors (Lipinski definition) is 0. The average molecular weight is 570 g/mol. The van der Waals surface area contributed by atoms with Crippen LogP contribution in [-0.4, -0.2) is 6.04 Å². The molecule has 4 heteroatoms. The second-order valence-electron chi connectivity index (χ2n) is 11.1. The highest BCUT2D eigenvalue weighted by molar-refractivity contribution is 7.39. The molecule has 0 bridgehead atoms. The average Bonchev–Trinajstić information content (AvgIpc) is 3.23. The Morgan fingerprint density at radius 1 is 0.643 bits per heavy atom. The van der Waals surface area contributed by atoms with E-state index in [1.807, 2.05) is 0 Å². The molecular formula is C38H36NO2P. The summed E-state index contributed by atoms with van der Waals surface area (Å²) < 4.78 is 16.9. The molecule has 0 N–H and O–H groups in total. The molecule has 5 aromatic carbocycles. The van der Waals surface area contributed by atoms with Crippen molar-refractivity contribution in [2.45, 2.75) is 51.6 Å². The van der Waals surface area contributed by atoms with Gasteiger partial charge in [-0.25, -0.2) is 0 Å². The van der Waals surface area contributed by atoms with E-state index in [0.29, 0.717) is 0 Å². The first-order valence-corrected chi connectivity index (χ1v) is 16.3. The maximum Gasteiger partial charge on any atom is 0.310 e. The Balaban J connectivity index is 1.60. The predicted octanol–water partition coefficient (Wildman–Crippen LogP) is 11.7. The van der Waals surface area contributed by atoms with Crippen LogP contribution in [-0.2, 0) is 0 Å². The molecular weight excluding hydrogens is 533 g/mol. The van der Waals surface area contributed by atoms with Crippen molar-refractivity contribution in [1.29, 1.82) is 0 Å². The highest BCUT2D eigenvalue weighted by Gasteiger charge is 2.33. The molecule has 1 aliphatic rings. The van der Waals surface area contributed by atoms with Crippen LogP contribution in [0, 0.1) is 0 Å². The Kier molecular flexibility index (Phi) is 7.46. The smallest absolute Gasteiger partial charge is 0.310 e. The third kappa shape index (κ3) is 4.77. The Hall–Kier alpha value is -4.04. The zero-order valence-electron chi connectivity index (χ0n) is 24.2. The van der Waals surface area contributed by atoms with Crippen molar-refractivity contribution < 1.29 is 8.39 Å². The molecule has 0 saturated heterocycles. The van der Waals surface area contributed by atoms with Crippen LogP contribution in [0.3, 0.4) is 0 Å². The Bertz CT molecular complexity index is 1890. The third-order valence-corrected chi connectivity index (χ3v) is 10.2. The van der Waals surface area contributed by atoms with Gasteiger partial charge in [-0.1, -0.05) is 123 Å². The molecule has 0 unspecified atom stereocenters. The summed E-state index contributed by atoms with van der Waals surface area (Å²) in [6.45, 7) is 4.56. The van der Waals surface area contributed by atoms with Crippen molar-refractivity contribution in [3.8, 4) is 0 Å². The largest absolute Gasteiger partial charge is 0.408 e. The summed E-state index contributed by atoms with van der Waals surface area (Å²) in [4.78, 5) is 0. The van der Waals surface area contributed by atoms with Gasteiger partial charge in [0.1, 0.15) is 11.2 Å². The SMILES string of the molecule is CC[C@H](C1=CCCC=C1)N([C@H](CC)c1ccccc1)p1oc2ccc3ccccc3c2c2c(ccc3ccccc32)o1. The van der Waals surface area contributed by atoms with Crippen LogP contribution in [0.5, 0.6) is 0 Å². The molecule has 2 atom stereocenters. The van der Waals surface area contributed by atoms with Gasteiger partial charge in [-0.2, -0.15) is 4.67 Å². The summed E-state index contributed by atoms with van der Waals surface area (Å²) in [5, 5.41) is 6.98. The van der Waals surface area contributed by atoms with E-state index in [4.69, 9.17) is 8.39 Å². The summed E-state index contributed by atoms with van der Waals surface area (Å²) in [6.07, 6.45) is 11.1. The topological polar surface area (TPSA) is 29.5 Å². The monoisotopic (exact) mass is 569 g/mol. The molecule has 0 radical (unpaired) electrons. The van der Waals surface area contributed by atoms with E-state index in [1.54, 1.807) is 0 Å². The van der Waals surface area contributed by atoms with E-state index in [2.05, 4.69) is 140 Å². The van der Waals surface area contributed by atoms with Crippen LogP contribution in [0.4, 0.5) is 0 Å². The summed E-state index contributed by atoms with van der Waals surface area (Å²) in [5.74, 6) is 0. The lowest BCUT2D eigenvalue weighted by atomic mass is 9.95. The van der Waals surface area contributed by atoms with Crippen molar-refractivity contribution in [3.05, 3.63) is 132 Å². The molecule has 0 saturated carbocycles. The minimum atomic E-state index is -1.53. The number of benzene rings is 5. The first-order valence-electron chi connectivity index (χ1n) is 15.2. The minimum Gasteiger partial charge on any atom is -0.408 e. The quantitative estimate of drug-likeness (QED) is 0.191. The minimum absolute atomic E-state index is 0.129. The fourth-order valence-corrected chi connectivity index (χ4v) is 8.52. The first kappa shape index (κ1) is 26.8. The van der Waals surface area contributed by atoms with E-state index >= 15 is 0 Å². The molecule has 42 heavy (non-hydrogen) atoms. The molecule has 1 aromatic heterocycles. The maximum atomic E-state index is 7.15. The van der Waals surface area contributed by atoms with Crippen molar-refractivity contribution in [3.63, 3.8) is 0 Å². The molecule has 210 valence electrons. The highest BCUT2D eigenvalue weighted by Crippen LogP contribution is 2.47. The van der Waals surface area contributed by atoms with Gasteiger partial charge in [-0.05, 0) is 70.5 Å². The van der Waals surface area contributed by atoms with Gasteiger partial charge in [-0.15, -0.1) is 0 Å². The molecule has 0 amide bonds. The third-order valence-electron chi connectivity index (χ3n) is 8.58. The van der Waals surface area contributed by atoms with Crippen LogP contribution in [0.2, 0.25) is 0 Å². The van der Waals surface area contributed by atoms with Gasteiger partial charge in [0.05, 0.1) is 0 Å². The Labute approximate surface area is 248 Å². The van der Waals surface area contributed by atoms with E-state index in [9.17, 15) is 0 Å². The summed E-state index contributed by atoms with van der Waals surface area (Å²) in [5.41, 5.74) is 4.40. The highest BCUT2D eigenvalue weighted by atomic mass is 31.1. The molecule has 7 rings (SSSR count). The summed E-state index contributed by atoms with van der Waals surface area (Å²) >= 11 is 0. The van der Waals surface area contributed by atoms with Gasteiger partial charge in [0.15, 0.2) is 0 Å². The molecule has 0 fully saturated rings. The van der Waals surface area contributed by atoms with Gasteiger partial charge in [0.2, 0.25) is 0 Å². The van der Waals surface area contributed by atoms with Crippen LogP contribution in [0.25, 0.3) is 43.5 Å². The standard InChI is InChI=1S/C38H36NO2P/c1-3-33(29-17-7-5-8-18-29)39(34(4-2)30-19-9-6-10-20-30)42-40-35-25-23-27-15-11-13-21-31(27)37(35)38-32-22-14-12-16-28(32)24-26-36(38)41-42/h5,7-9,11-26,33-34H,3-4,6,10H2,1-2H3/t33-,34-/m1/s1. The van der Waals surface area contributed by atoms with E-state index < -0.39 is 8.16 Å². The van der Waals surface area contributed by atoms with Gasteiger partial charge < -0.3 is 8.39 Å². The zero-order chi connectivity index (χ0) is 28.5. The second-order valence-corrected chi connectivity index (χ2v) is 12.4. The fourth-order valence-electron chi connectivity index (χ4n) is 6.60. The molecule has 1 aliphatic carbocycles. The van der Waals surface area contributed by atoms with Crippen molar-refractivity contribution in [2.24, 2.45) is 0 Å². The van der Waals surface area contributed by atoms with Crippen LogP contribution < -0.4 is 4.67 Å². The Morgan fingerprint density at radius 2 is 1.21 bits per heavy atom. The molecule has 6 aromatic rings. The normalized spacial score (nSPS) is 15.0.